The molecule has 0 unspecified atom stereocenters. The predicted octanol–water partition coefficient (Wildman–Crippen LogP) is 2.80. The maximum atomic E-state index is 13.1. The number of benzene rings is 1. The van der Waals surface area contributed by atoms with Gasteiger partial charge >= 0.3 is 0 Å². The van der Waals surface area contributed by atoms with Crippen molar-refractivity contribution in [3.05, 3.63) is 35.1 Å². The van der Waals surface area contributed by atoms with Gasteiger partial charge in [0.2, 0.25) is 0 Å². The van der Waals surface area contributed by atoms with E-state index in [0.29, 0.717) is 5.92 Å². The molecule has 1 aromatic carbocycles. The summed E-state index contributed by atoms with van der Waals surface area (Å²) in [5.41, 5.74) is 8.27. The molecule has 1 aromatic rings. The summed E-state index contributed by atoms with van der Waals surface area (Å²) >= 11 is 0. The van der Waals surface area contributed by atoms with E-state index in [9.17, 15) is 4.39 Å². The molecule has 76 valence electrons. The molecule has 1 saturated carbocycles. The van der Waals surface area contributed by atoms with Crippen molar-refractivity contribution < 1.29 is 4.39 Å². The average molecular weight is 193 g/mol. The largest absolute Gasteiger partial charge is 0.324 e. The summed E-state index contributed by atoms with van der Waals surface area (Å²) in [6.07, 6.45) is 3.32. The Hall–Kier alpha value is -0.890. The first-order valence-corrected chi connectivity index (χ1v) is 5.26. The summed E-state index contributed by atoms with van der Waals surface area (Å²) < 4.78 is 13.1. The highest BCUT2D eigenvalue weighted by atomic mass is 19.1. The second-order valence-electron chi connectivity index (χ2n) is 4.06. The molecule has 2 N–H and O–H groups in total. The zero-order chi connectivity index (χ0) is 10.1. The lowest BCUT2D eigenvalue weighted by molar-refractivity contribution is 0.597. The highest BCUT2D eigenvalue weighted by molar-refractivity contribution is 5.31. The van der Waals surface area contributed by atoms with Gasteiger partial charge in [0, 0.05) is 6.04 Å². The molecule has 1 aliphatic rings. The third-order valence-corrected chi connectivity index (χ3v) is 2.98. The third-order valence-electron chi connectivity index (χ3n) is 2.98. The molecule has 0 spiro atoms. The fourth-order valence-electron chi connectivity index (χ4n) is 1.91. The molecule has 1 atom stereocenters. The summed E-state index contributed by atoms with van der Waals surface area (Å²) in [7, 11) is 0. The summed E-state index contributed by atoms with van der Waals surface area (Å²) in [6, 6.07) is 5.01. The van der Waals surface area contributed by atoms with E-state index in [1.807, 2.05) is 6.07 Å². The fraction of sp³-hybridized carbons (Fsp3) is 0.500. The molecule has 2 heteroatoms. The van der Waals surface area contributed by atoms with E-state index < -0.39 is 0 Å². The molecule has 0 bridgehead atoms. The molecule has 0 saturated heterocycles. The maximum absolute atomic E-state index is 13.1. The Morgan fingerprint density at radius 3 is 2.79 bits per heavy atom. The van der Waals surface area contributed by atoms with Crippen molar-refractivity contribution in [2.45, 2.75) is 32.2 Å². The van der Waals surface area contributed by atoms with Crippen LogP contribution in [0.5, 0.6) is 0 Å². The van der Waals surface area contributed by atoms with Gasteiger partial charge < -0.3 is 5.73 Å². The highest BCUT2D eigenvalue weighted by Gasteiger charge is 2.30. The Morgan fingerprint density at radius 1 is 1.50 bits per heavy atom. The topological polar surface area (TPSA) is 26.0 Å². The van der Waals surface area contributed by atoms with Crippen molar-refractivity contribution in [2.24, 2.45) is 11.7 Å². The predicted molar refractivity (Wildman–Crippen MR) is 55.4 cm³/mol. The molecule has 1 aliphatic carbocycles. The van der Waals surface area contributed by atoms with Gasteiger partial charge in [-0.15, -0.1) is 0 Å². The quantitative estimate of drug-likeness (QED) is 0.784. The maximum Gasteiger partial charge on any atom is 0.123 e. The van der Waals surface area contributed by atoms with Gasteiger partial charge in [0.05, 0.1) is 0 Å². The molecule has 0 radical (unpaired) electrons. The number of nitrogens with two attached hydrogens (primary N) is 1. The van der Waals surface area contributed by atoms with Crippen molar-refractivity contribution >= 4 is 0 Å². The molecule has 0 heterocycles. The lowest BCUT2D eigenvalue weighted by Crippen LogP contribution is -2.14. The van der Waals surface area contributed by atoms with Gasteiger partial charge in [-0.1, -0.05) is 13.0 Å². The monoisotopic (exact) mass is 193 g/mol. The van der Waals surface area contributed by atoms with Crippen LogP contribution in [-0.2, 0) is 6.42 Å². The van der Waals surface area contributed by atoms with E-state index in [0.717, 1.165) is 12.0 Å². The molecule has 14 heavy (non-hydrogen) atoms. The van der Waals surface area contributed by atoms with Crippen LogP contribution in [0.3, 0.4) is 0 Å². The summed E-state index contributed by atoms with van der Waals surface area (Å²) in [4.78, 5) is 0. The number of rotatable bonds is 3. The molecule has 1 nitrogen and oxygen atoms in total. The summed E-state index contributed by atoms with van der Waals surface area (Å²) in [6.45, 7) is 2.08. The fourth-order valence-corrected chi connectivity index (χ4v) is 1.91. The summed E-state index contributed by atoms with van der Waals surface area (Å²) in [5.74, 6) is 0.412. The zero-order valence-electron chi connectivity index (χ0n) is 8.46. The van der Waals surface area contributed by atoms with Crippen LogP contribution >= 0.6 is 0 Å². The van der Waals surface area contributed by atoms with Gasteiger partial charge in [0.25, 0.3) is 0 Å². The third kappa shape index (κ3) is 1.80. The standard InChI is InChI=1S/C12H16FN/c1-2-8-5-6-10(13)7-11(8)12(14)9-3-4-9/h5-7,9,12H,2-4,14H2,1H3/t12-/m1/s1. The van der Waals surface area contributed by atoms with Crippen LogP contribution in [-0.4, -0.2) is 0 Å². The van der Waals surface area contributed by atoms with Gasteiger partial charge in [-0.05, 0) is 48.4 Å². The van der Waals surface area contributed by atoms with Gasteiger partial charge in [-0.3, -0.25) is 0 Å². The van der Waals surface area contributed by atoms with Crippen LogP contribution in [0.25, 0.3) is 0 Å². The number of halogens is 1. The minimum Gasteiger partial charge on any atom is -0.324 e. The highest BCUT2D eigenvalue weighted by Crippen LogP contribution is 2.40. The van der Waals surface area contributed by atoms with E-state index in [2.05, 4.69) is 6.92 Å². The van der Waals surface area contributed by atoms with Crippen molar-refractivity contribution in [3.8, 4) is 0 Å². The van der Waals surface area contributed by atoms with E-state index >= 15 is 0 Å². The van der Waals surface area contributed by atoms with Crippen molar-refractivity contribution in [2.75, 3.05) is 0 Å². The van der Waals surface area contributed by atoms with Crippen molar-refractivity contribution in [1.29, 1.82) is 0 Å². The Bertz CT molecular complexity index is 331. The number of hydrogen-bond acceptors (Lipinski definition) is 1. The van der Waals surface area contributed by atoms with Crippen LogP contribution in [0.1, 0.15) is 36.9 Å². The van der Waals surface area contributed by atoms with Gasteiger partial charge in [0.15, 0.2) is 0 Å². The molecule has 0 aliphatic heterocycles. The molecule has 2 rings (SSSR count). The number of aryl methyl sites for hydroxylation is 1. The second kappa shape index (κ2) is 3.70. The Morgan fingerprint density at radius 2 is 2.21 bits per heavy atom. The Kier molecular flexibility index (Phi) is 2.55. The van der Waals surface area contributed by atoms with Gasteiger partial charge in [-0.2, -0.15) is 0 Å². The first-order valence-electron chi connectivity index (χ1n) is 5.26. The molecular weight excluding hydrogens is 177 g/mol. The summed E-state index contributed by atoms with van der Waals surface area (Å²) in [5, 5.41) is 0. The van der Waals surface area contributed by atoms with Crippen LogP contribution in [0.4, 0.5) is 4.39 Å². The Balaban J connectivity index is 2.32. The van der Waals surface area contributed by atoms with Crippen LogP contribution in [0.2, 0.25) is 0 Å². The van der Waals surface area contributed by atoms with Crippen LogP contribution in [0.15, 0.2) is 18.2 Å². The minimum absolute atomic E-state index is 0.0423. The molecule has 0 amide bonds. The Labute approximate surface area is 84.1 Å². The minimum atomic E-state index is -0.173. The molecular formula is C12H16FN. The van der Waals surface area contributed by atoms with E-state index in [4.69, 9.17) is 5.73 Å². The zero-order valence-corrected chi connectivity index (χ0v) is 8.46. The molecule has 0 aromatic heterocycles. The van der Waals surface area contributed by atoms with Gasteiger partial charge in [-0.25, -0.2) is 4.39 Å². The van der Waals surface area contributed by atoms with E-state index in [1.165, 1.54) is 24.5 Å². The van der Waals surface area contributed by atoms with Crippen LogP contribution in [0, 0.1) is 11.7 Å². The smallest absolute Gasteiger partial charge is 0.123 e. The van der Waals surface area contributed by atoms with E-state index in [-0.39, 0.29) is 11.9 Å². The first-order chi connectivity index (χ1) is 6.72. The SMILES string of the molecule is CCc1ccc(F)cc1[C@H](N)C1CC1. The van der Waals surface area contributed by atoms with Crippen LogP contribution < -0.4 is 5.73 Å². The van der Waals surface area contributed by atoms with Crippen molar-refractivity contribution in [3.63, 3.8) is 0 Å². The van der Waals surface area contributed by atoms with E-state index in [1.54, 1.807) is 6.07 Å². The molecule has 1 fully saturated rings. The first kappa shape index (κ1) is 9.66. The van der Waals surface area contributed by atoms with Gasteiger partial charge in [0.1, 0.15) is 5.82 Å². The second-order valence-corrected chi connectivity index (χ2v) is 4.06. The van der Waals surface area contributed by atoms with Crippen molar-refractivity contribution in [1.82, 2.24) is 0 Å². The normalized spacial score (nSPS) is 18.2. The average Bonchev–Trinajstić information content (AvgIpc) is 3.00. The lowest BCUT2D eigenvalue weighted by atomic mass is 9.96. The number of hydrogen-bond donors (Lipinski definition) is 1. The lowest BCUT2D eigenvalue weighted by Gasteiger charge is -2.15.